The molecule has 2 saturated heterocycles. The maximum absolute atomic E-state index is 3.71. The smallest absolute Gasteiger partial charge is 0.0221 e. The van der Waals surface area contributed by atoms with Crippen molar-refractivity contribution in [3.63, 3.8) is 0 Å². The van der Waals surface area contributed by atoms with Crippen molar-refractivity contribution in [2.75, 3.05) is 32.7 Å². The van der Waals surface area contributed by atoms with Gasteiger partial charge in [-0.15, -0.1) is 0 Å². The number of piperazine rings is 1. The molecular weight excluding hydrogens is 222 g/mol. The molecular formula is C15H31N3. The maximum atomic E-state index is 3.71. The fourth-order valence-corrected chi connectivity index (χ4v) is 3.55. The lowest BCUT2D eigenvalue weighted by atomic mass is 9.96. The van der Waals surface area contributed by atoms with E-state index in [1.807, 2.05) is 0 Å². The van der Waals surface area contributed by atoms with Gasteiger partial charge in [0.05, 0.1) is 0 Å². The van der Waals surface area contributed by atoms with Gasteiger partial charge in [-0.25, -0.2) is 0 Å². The Morgan fingerprint density at radius 3 is 2.33 bits per heavy atom. The van der Waals surface area contributed by atoms with E-state index in [1.165, 1.54) is 58.4 Å². The van der Waals surface area contributed by atoms with E-state index in [0.717, 1.165) is 18.1 Å². The first-order chi connectivity index (χ1) is 8.78. The number of hydrogen-bond donors (Lipinski definition) is 1. The van der Waals surface area contributed by atoms with Crippen LogP contribution in [0.3, 0.4) is 0 Å². The number of nitrogens with one attached hydrogen (secondary N) is 1. The van der Waals surface area contributed by atoms with Gasteiger partial charge < -0.3 is 10.2 Å². The van der Waals surface area contributed by atoms with Crippen molar-refractivity contribution in [2.45, 2.75) is 64.6 Å². The van der Waals surface area contributed by atoms with Gasteiger partial charge in [0.2, 0.25) is 0 Å². The number of nitrogens with zero attached hydrogens (tertiary/aromatic N) is 2. The summed E-state index contributed by atoms with van der Waals surface area (Å²) in [5, 5.41) is 3.71. The van der Waals surface area contributed by atoms with Gasteiger partial charge in [-0.05, 0) is 45.3 Å². The first kappa shape index (κ1) is 14.3. The van der Waals surface area contributed by atoms with Gasteiger partial charge in [-0.1, -0.05) is 20.8 Å². The Morgan fingerprint density at radius 1 is 1.06 bits per heavy atom. The Labute approximate surface area is 113 Å². The van der Waals surface area contributed by atoms with Crippen LogP contribution < -0.4 is 5.32 Å². The minimum Gasteiger partial charge on any atom is -0.311 e. The molecule has 1 N–H and O–H groups in total. The second-order valence-corrected chi connectivity index (χ2v) is 5.94. The summed E-state index contributed by atoms with van der Waals surface area (Å²) >= 11 is 0. The summed E-state index contributed by atoms with van der Waals surface area (Å²) in [7, 11) is 0. The van der Waals surface area contributed by atoms with E-state index in [2.05, 4.69) is 35.9 Å². The van der Waals surface area contributed by atoms with Gasteiger partial charge >= 0.3 is 0 Å². The van der Waals surface area contributed by atoms with Crippen LogP contribution in [0.1, 0.15) is 46.5 Å². The molecule has 2 heterocycles. The summed E-state index contributed by atoms with van der Waals surface area (Å²) in [6.07, 6.45) is 5.31. The van der Waals surface area contributed by atoms with Crippen LogP contribution in [0, 0.1) is 0 Å². The van der Waals surface area contributed by atoms with Crippen LogP contribution in [-0.2, 0) is 0 Å². The van der Waals surface area contributed by atoms with Crippen molar-refractivity contribution < 1.29 is 0 Å². The topological polar surface area (TPSA) is 18.5 Å². The van der Waals surface area contributed by atoms with Gasteiger partial charge in [0.25, 0.3) is 0 Å². The van der Waals surface area contributed by atoms with E-state index in [-0.39, 0.29) is 0 Å². The molecule has 0 saturated carbocycles. The molecule has 2 aliphatic rings. The highest BCUT2D eigenvalue weighted by molar-refractivity contribution is 4.90. The standard InChI is InChI=1S/C15H31N3/c1-4-13-12-18(14(5-2)11-16-13)15-7-9-17(6-3)10-8-15/h13-16H,4-12H2,1-3H3. The van der Waals surface area contributed by atoms with Gasteiger partial charge in [0.15, 0.2) is 0 Å². The van der Waals surface area contributed by atoms with Crippen molar-refractivity contribution in [1.29, 1.82) is 0 Å². The molecule has 0 radical (unpaired) electrons. The van der Waals surface area contributed by atoms with Crippen LogP contribution >= 0.6 is 0 Å². The molecule has 0 bridgehead atoms. The molecule has 0 spiro atoms. The molecule has 0 aliphatic carbocycles. The van der Waals surface area contributed by atoms with Crippen LogP contribution in [0.25, 0.3) is 0 Å². The zero-order chi connectivity index (χ0) is 13.0. The van der Waals surface area contributed by atoms with E-state index in [4.69, 9.17) is 0 Å². The van der Waals surface area contributed by atoms with Gasteiger partial charge in [0, 0.05) is 31.2 Å². The zero-order valence-corrected chi connectivity index (χ0v) is 12.5. The van der Waals surface area contributed by atoms with Crippen LogP contribution in [0.4, 0.5) is 0 Å². The summed E-state index contributed by atoms with van der Waals surface area (Å²) in [5.74, 6) is 0. The fraction of sp³-hybridized carbons (Fsp3) is 1.00. The third-order valence-electron chi connectivity index (χ3n) is 4.98. The Balaban J connectivity index is 1.91. The molecule has 2 unspecified atom stereocenters. The maximum Gasteiger partial charge on any atom is 0.0221 e. The predicted octanol–water partition coefficient (Wildman–Crippen LogP) is 1.93. The van der Waals surface area contributed by atoms with E-state index in [1.54, 1.807) is 0 Å². The number of likely N-dealkylation sites (tertiary alicyclic amines) is 1. The Bertz CT molecular complexity index is 236. The van der Waals surface area contributed by atoms with Crippen molar-refractivity contribution in [1.82, 2.24) is 15.1 Å². The summed E-state index contributed by atoms with van der Waals surface area (Å²) < 4.78 is 0. The zero-order valence-electron chi connectivity index (χ0n) is 12.5. The summed E-state index contributed by atoms with van der Waals surface area (Å²) in [6.45, 7) is 13.2. The number of hydrogen-bond acceptors (Lipinski definition) is 3. The van der Waals surface area contributed by atoms with Gasteiger partial charge in [0.1, 0.15) is 0 Å². The van der Waals surface area contributed by atoms with Crippen LogP contribution in [0.15, 0.2) is 0 Å². The highest BCUT2D eigenvalue weighted by Gasteiger charge is 2.32. The quantitative estimate of drug-likeness (QED) is 0.826. The normalized spacial score (nSPS) is 32.8. The number of piperidine rings is 1. The van der Waals surface area contributed by atoms with Gasteiger partial charge in [-0.2, -0.15) is 0 Å². The van der Waals surface area contributed by atoms with Gasteiger partial charge in [-0.3, -0.25) is 4.90 Å². The molecule has 0 aromatic carbocycles. The molecule has 0 aromatic heterocycles. The lowest BCUT2D eigenvalue weighted by Crippen LogP contribution is -2.60. The molecule has 0 aromatic rings. The van der Waals surface area contributed by atoms with Crippen molar-refractivity contribution in [3.8, 4) is 0 Å². The molecule has 3 nitrogen and oxygen atoms in total. The van der Waals surface area contributed by atoms with E-state index in [9.17, 15) is 0 Å². The Hall–Kier alpha value is -0.120. The third kappa shape index (κ3) is 3.25. The van der Waals surface area contributed by atoms with Crippen molar-refractivity contribution in [2.24, 2.45) is 0 Å². The number of rotatable bonds is 4. The van der Waals surface area contributed by atoms with Crippen LogP contribution in [-0.4, -0.2) is 60.6 Å². The Morgan fingerprint density at radius 2 is 1.78 bits per heavy atom. The van der Waals surface area contributed by atoms with Crippen LogP contribution in [0.5, 0.6) is 0 Å². The highest BCUT2D eigenvalue weighted by atomic mass is 15.3. The molecule has 2 aliphatic heterocycles. The largest absolute Gasteiger partial charge is 0.311 e. The fourth-order valence-electron chi connectivity index (χ4n) is 3.55. The lowest BCUT2D eigenvalue weighted by molar-refractivity contribution is 0.0410. The summed E-state index contributed by atoms with van der Waals surface area (Å²) in [4.78, 5) is 5.43. The molecule has 18 heavy (non-hydrogen) atoms. The minimum atomic E-state index is 0.719. The minimum absolute atomic E-state index is 0.719. The van der Waals surface area contributed by atoms with E-state index in [0.29, 0.717) is 0 Å². The SMILES string of the molecule is CCC1CN(C2CCN(CC)CC2)C(CC)CN1. The molecule has 2 rings (SSSR count). The average Bonchev–Trinajstić information content (AvgIpc) is 2.46. The second-order valence-electron chi connectivity index (χ2n) is 5.94. The predicted molar refractivity (Wildman–Crippen MR) is 78.0 cm³/mol. The summed E-state index contributed by atoms with van der Waals surface area (Å²) in [6, 6.07) is 2.33. The molecule has 106 valence electrons. The highest BCUT2D eigenvalue weighted by Crippen LogP contribution is 2.22. The van der Waals surface area contributed by atoms with Crippen molar-refractivity contribution >= 4 is 0 Å². The second kappa shape index (κ2) is 6.88. The van der Waals surface area contributed by atoms with Crippen molar-refractivity contribution in [3.05, 3.63) is 0 Å². The molecule has 3 heteroatoms. The van der Waals surface area contributed by atoms with Crippen LogP contribution in [0.2, 0.25) is 0 Å². The third-order valence-corrected chi connectivity index (χ3v) is 4.98. The summed E-state index contributed by atoms with van der Waals surface area (Å²) in [5.41, 5.74) is 0. The first-order valence-electron chi connectivity index (χ1n) is 7.99. The average molecular weight is 253 g/mol. The Kier molecular flexibility index (Phi) is 5.46. The lowest BCUT2D eigenvalue weighted by Gasteiger charge is -2.47. The molecule has 0 amide bonds. The van der Waals surface area contributed by atoms with E-state index >= 15 is 0 Å². The molecule has 2 fully saturated rings. The van der Waals surface area contributed by atoms with E-state index < -0.39 is 0 Å². The first-order valence-corrected chi connectivity index (χ1v) is 7.99. The monoisotopic (exact) mass is 253 g/mol. The molecule has 2 atom stereocenters.